The van der Waals surface area contributed by atoms with Crippen LogP contribution in [0.25, 0.3) is 0 Å². The van der Waals surface area contributed by atoms with Crippen LogP contribution in [0.2, 0.25) is 0 Å². The van der Waals surface area contributed by atoms with Gasteiger partial charge in [0.1, 0.15) is 5.75 Å². The third-order valence-electron chi connectivity index (χ3n) is 5.28. The number of methoxy groups -OCH3 is 1. The number of nitrogens with zero attached hydrogens (tertiary/aromatic N) is 3. The largest absolute Gasteiger partial charge is 0.497 e. The maximum absolute atomic E-state index is 12.8. The predicted octanol–water partition coefficient (Wildman–Crippen LogP) is 2.50. The predicted molar refractivity (Wildman–Crippen MR) is 120 cm³/mol. The SMILES string of the molecule is COc1ccc(C(=O)N2CCC(NC(=O)c3nccnc3NC(=O)C(C)(C)C)CC2)cc1. The lowest BCUT2D eigenvalue weighted by atomic mass is 9.96. The van der Waals surface area contributed by atoms with Crippen LogP contribution in [0.15, 0.2) is 36.7 Å². The van der Waals surface area contributed by atoms with Crippen LogP contribution in [0.5, 0.6) is 5.75 Å². The number of aromatic nitrogens is 2. The lowest BCUT2D eigenvalue weighted by Gasteiger charge is -2.32. The van der Waals surface area contributed by atoms with Crippen molar-refractivity contribution in [3.05, 3.63) is 47.9 Å². The molecule has 0 saturated carbocycles. The van der Waals surface area contributed by atoms with Gasteiger partial charge in [-0.15, -0.1) is 0 Å². The van der Waals surface area contributed by atoms with E-state index in [0.717, 1.165) is 0 Å². The highest BCUT2D eigenvalue weighted by Crippen LogP contribution is 2.19. The van der Waals surface area contributed by atoms with Gasteiger partial charge in [-0.3, -0.25) is 14.4 Å². The number of hydrogen-bond acceptors (Lipinski definition) is 6. The number of benzene rings is 1. The summed E-state index contributed by atoms with van der Waals surface area (Å²) < 4.78 is 5.13. The van der Waals surface area contributed by atoms with E-state index in [1.165, 1.54) is 12.4 Å². The van der Waals surface area contributed by atoms with Gasteiger partial charge in [0.2, 0.25) is 5.91 Å². The highest BCUT2D eigenvalue weighted by atomic mass is 16.5. The van der Waals surface area contributed by atoms with Crippen LogP contribution in [0.1, 0.15) is 54.5 Å². The first-order valence-corrected chi connectivity index (χ1v) is 10.6. The van der Waals surface area contributed by atoms with Crippen LogP contribution in [0.4, 0.5) is 5.82 Å². The summed E-state index contributed by atoms with van der Waals surface area (Å²) in [4.78, 5) is 47.8. The molecular formula is C23H29N5O4. The van der Waals surface area contributed by atoms with E-state index in [0.29, 0.717) is 37.2 Å². The van der Waals surface area contributed by atoms with Crippen molar-refractivity contribution in [1.29, 1.82) is 0 Å². The molecular weight excluding hydrogens is 410 g/mol. The molecule has 0 atom stereocenters. The van der Waals surface area contributed by atoms with Crippen LogP contribution >= 0.6 is 0 Å². The van der Waals surface area contributed by atoms with Gasteiger partial charge in [0, 0.05) is 42.5 Å². The number of amides is 3. The van der Waals surface area contributed by atoms with Crippen molar-refractivity contribution in [3.8, 4) is 5.75 Å². The normalized spacial score (nSPS) is 14.6. The summed E-state index contributed by atoms with van der Waals surface area (Å²) in [5.41, 5.74) is 0.0445. The van der Waals surface area contributed by atoms with E-state index in [4.69, 9.17) is 4.74 Å². The second-order valence-electron chi connectivity index (χ2n) is 8.73. The number of likely N-dealkylation sites (tertiary alicyclic amines) is 1. The number of piperidine rings is 1. The van der Waals surface area contributed by atoms with E-state index in [9.17, 15) is 14.4 Å². The first kappa shape index (κ1) is 23.2. The Kier molecular flexibility index (Phi) is 7.07. The van der Waals surface area contributed by atoms with E-state index >= 15 is 0 Å². The van der Waals surface area contributed by atoms with E-state index in [2.05, 4.69) is 20.6 Å². The van der Waals surface area contributed by atoms with Gasteiger partial charge >= 0.3 is 0 Å². The summed E-state index contributed by atoms with van der Waals surface area (Å²) in [5.74, 6) is 0.139. The molecule has 2 N–H and O–H groups in total. The van der Waals surface area contributed by atoms with Crippen molar-refractivity contribution in [3.63, 3.8) is 0 Å². The van der Waals surface area contributed by atoms with Crippen LogP contribution in [0, 0.1) is 5.41 Å². The summed E-state index contributed by atoms with van der Waals surface area (Å²) in [6.45, 7) is 6.40. The fourth-order valence-electron chi connectivity index (χ4n) is 3.29. The Morgan fingerprint density at radius 3 is 2.25 bits per heavy atom. The summed E-state index contributed by atoms with van der Waals surface area (Å²) >= 11 is 0. The number of nitrogens with one attached hydrogen (secondary N) is 2. The summed E-state index contributed by atoms with van der Waals surface area (Å²) in [6, 6.07) is 6.91. The molecule has 1 aromatic heterocycles. The highest BCUT2D eigenvalue weighted by Gasteiger charge is 2.28. The molecule has 3 rings (SSSR count). The number of carbonyl (C=O) groups is 3. The van der Waals surface area contributed by atoms with Crippen molar-refractivity contribution in [1.82, 2.24) is 20.2 Å². The summed E-state index contributed by atoms with van der Waals surface area (Å²) in [5, 5.41) is 5.64. The molecule has 1 aliphatic rings. The van der Waals surface area contributed by atoms with E-state index in [-0.39, 0.29) is 29.4 Å². The third-order valence-corrected chi connectivity index (χ3v) is 5.28. The van der Waals surface area contributed by atoms with Gasteiger partial charge in [-0.2, -0.15) is 0 Å². The number of rotatable bonds is 5. The van der Waals surface area contributed by atoms with Gasteiger partial charge in [0.25, 0.3) is 11.8 Å². The Bertz CT molecular complexity index is 977. The van der Waals surface area contributed by atoms with Crippen molar-refractivity contribution < 1.29 is 19.1 Å². The lowest BCUT2D eigenvalue weighted by Crippen LogP contribution is -2.46. The smallest absolute Gasteiger partial charge is 0.273 e. The summed E-state index contributed by atoms with van der Waals surface area (Å²) in [6.07, 6.45) is 4.09. The molecule has 9 heteroatoms. The van der Waals surface area contributed by atoms with Crippen LogP contribution in [-0.2, 0) is 4.79 Å². The molecule has 1 saturated heterocycles. The minimum absolute atomic E-state index is 0.0430. The molecule has 3 amide bonds. The van der Waals surface area contributed by atoms with E-state index < -0.39 is 11.3 Å². The van der Waals surface area contributed by atoms with Gasteiger partial charge in [-0.25, -0.2) is 9.97 Å². The summed E-state index contributed by atoms with van der Waals surface area (Å²) in [7, 11) is 1.58. The molecule has 0 bridgehead atoms. The zero-order valence-electron chi connectivity index (χ0n) is 18.8. The molecule has 2 heterocycles. The fourth-order valence-corrected chi connectivity index (χ4v) is 3.29. The maximum Gasteiger partial charge on any atom is 0.273 e. The molecule has 32 heavy (non-hydrogen) atoms. The Hall–Kier alpha value is -3.49. The second kappa shape index (κ2) is 9.76. The zero-order chi connectivity index (χ0) is 23.3. The average Bonchev–Trinajstić information content (AvgIpc) is 2.79. The first-order valence-electron chi connectivity index (χ1n) is 10.6. The number of carbonyl (C=O) groups excluding carboxylic acids is 3. The molecule has 0 spiro atoms. The number of anilines is 1. The van der Waals surface area contributed by atoms with Crippen molar-refractivity contribution in [2.45, 2.75) is 39.7 Å². The van der Waals surface area contributed by atoms with Gasteiger partial charge in [-0.1, -0.05) is 20.8 Å². The Labute approximate surface area is 187 Å². The van der Waals surface area contributed by atoms with Crippen LogP contribution in [-0.4, -0.2) is 58.8 Å². The molecule has 2 aromatic rings. The highest BCUT2D eigenvalue weighted by molar-refractivity contribution is 6.02. The second-order valence-corrected chi connectivity index (χ2v) is 8.73. The molecule has 170 valence electrons. The molecule has 9 nitrogen and oxygen atoms in total. The Morgan fingerprint density at radius 2 is 1.66 bits per heavy atom. The minimum atomic E-state index is -0.630. The lowest BCUT2D eigenvalue weighted by molar-refractivity contribution is -0.123. The maximum atomic E-state index is 12.8. The Balaban J connectivity index is 1.58. The topological polar surface area (TPSA) is 114 Å². The molecule has 1 fully saturated rings. The quantitative estimate of drug-likeness (QED) is 0.740. The molecule has 0 aliphatic carbocycles. The zero-order valence-corrected chi connectivity index (χ0v) is 18.8. The van der Waals surface area contributed by atoms with Gasteiger partial charge < -0.3 is 20.3 Å². The number of hydrogen-bond donors (Lipinski definition) is 2. The van der Waals surface area contributed by atoms with Crippen LogP contribution < -0.4 is 15.4 Å². The monoisotopic (exact) mass is 439 g/mol. The van der Waals surface area contributed by atoms with Crippen molar-refractivity contribution in [2.75, 3.05) is 25.5 Å². The third kappa shape index (κ3) is 5.60. The number of ether oxygens (including phenoxy) is 1. The van der Waals surface area contributed by atoms with Crippen LogP contribution in [0.3, 0.4) is 0 Å². The van der Waals surface area contributed by atoms with E-state index in [1.807, 2.05) is 0 Å². The molecule has 0 radical (unpaired) electrons. The van der Waals surface area contributed by atoms with Gasteiger partial charge in [0.15, 0.2) is 11.5 Å². The average molecular weight is 440 g/mol. The fraction of sp³-hybridized carbons (Fsp3) is 0.435. The standard InChI is InChI=1S/C23H29N5O4/c1-23(2,3)22(31)27-19-18(24-11-12-25-19)20(29)26-16-9-13-28(14-10-16)21(30)15-5-7-17(32-4)8-6-15/h5-8,11-12,16H,9-10,13-14H2,1-4H3,(H,26,29)(H,25,27,31). The molecule has 0 unspecified atom stereocenters. The van der Waals surface area contributed by atoms with Gasteiger partial charge in [0.05, 0.1) is 7.11 Å². The van der Waals surface area contributed by atoms with E-state index in [1.54, 1.807) is 57.0 Å². The van der Waals surface area contributed by atoms with Gasteiger partial charge in [-0.05, 0) is 37.1 Å². The Morgan fingerprint density at radius 1 is 1.03 bits per heavy atom. The molecule has 1 aliphatic heterocycles. The van der Waals surface area contributed by atoms with Crippen molar-refractivity contribution in [2.24, 2.45) is 5.41 Å². The minimum Gasteiger partial charge on any atom is -0.497 e. The van der Waals surface area contributed by atoms with Crippen molar-refractivity contribution >= 4 is 23.5 Å². The molecule has 1 aromatic carbocycles. The first-order chi connectivity index (χ1) is 15.2.